The summed E-state index contributed by atoms with van der Waals surface area (Å²) in [7, 11) is 0. The van der Waals surface area contributed by atoms with E-state index in [1.165, 1.54) is 0 Å². The zero-order valence-electron chi connectivity index (χ0n) is 15.6. The number of H-pyrrole nitrogens is 1. The number of carbonyl (C=O) groups excluding carboxylic acids is 1. The summed E-state index contributed by atoms with van der Waals surface area (Å²) in [5, 5.41) is 12.2. The van der Waals surface area contributed by atoms with E-state index in [2.05, 4.69) is 30.8 Å². The molecular weight excluding hydrogens is 368 g/mol. The van der Waals surface area contributed by atoms with E-state index in [1.54, 1.807) is 24.7 Å². The number of ether oxygens (including phenoxy) is 1. The van der Waals surface area contributed by atoms with E-state index in [1.807, 2.05) is 42.5 Å². The third-order valence-electron chi connectivity index (χ3n) is 4.25. The lowest BCUT2D eigenvalue weighted by Crippen LogP contribution is -2.31. The third kappa shape index (κ3) is 4.94. The van der Waals surface area contributed by atoms with Crippen molar-refractivity contribution in [2.45, 2.75) is 6.61 Å². The van der Waals surface area contributed by atoms with E-state index < -0.39 is 0 Å². The molecule has 3 N–H and O–H groups in total. The molecule has 4 rings (SSSR count). The van der Waals surface area contributed by atoms with Crippen LogP contribution in [-0.4, -0.2) is 39.3 Å². The molecule has 146 valence electrons. The van der Waals surface area contributed by atoms with Gasteiger partial charge in [0, 0.05) is 30.1 Å². The molecule has 3 aromatic heterocycles. The Kier molecular flexibility index (Phi) is 5.73. The molecule has 0 fully saturated rings. The van der Waals surface area contributed by atoms with Gasteiger partial charge in [0.15, 0.2) is 0 Å². The van der Waals surface area contributed by atoms with E-state index in [9.17, 15) is 4.79 Å². The topological polar surface area (TPSA) is 105 Å². The highest BCUT2D eigenvalue weighted by molar-refractivity contribution is 5.90. The Labute approximate surface area is 167 Å². The van der Waals surface area contributed by atoms with Crippen molar-refractivity contribution in [1.82, 2.24) is 25.5 Å². The van der Waals surface area contributed by atoms with Crippen molar-refractivity contribution in [1.29, 1.82) is 0 Å². The van der Waals surface area contributed by atoms with Crippen LogP contribution in [0.15, 0.2) is 67.1 Å². The highest BCUT2D eigenvalue weighted by Crippen LogP contribution is 2.21. The number of nitrogens with one attached hydrogen (secondary N) is 3. The molecule has 8 heteroatoms. The first-order chi connectivity index (χ1) is 14.3. The lowest BCUT2D eigenvalue weighted by molar-refractivity contribution is 0.124. The van der Waals surface area contributed by atoms with E-state index >= 15 is 0 Å². The van der Waals surface area contributed by atoms with Crippen molar-refractivity contribution in [3.63, 3.8) is 0 Å². The Bertz CT molecular complexity index is 1080. The summed E-state index contributed by atoms with van der Waals surface area (Å²) in [6.45, 7) is 1.34. The van der Waals surface area contributed by atoms with Gasteiger partial charge in [0.25, 0.3) is 0 Å². The van der Waals surface area contributed by atoms with Gasteiger partial charge in [-0.15, -0.1) is 0 Å². The summed E-state index contributed by atoms with van der Waals surface area (Å²) in [4.78, 5) is 21.0. The zero-order valence-corrected chi connectivity index (χ0v) is 15.6. The van der Waals surface area contributed by atoms with Crippen LogP contribution < -0.4 is 10.6 Å². The number of anilines is 1. The molecule has 0 radical (unpaired) electrons. The van der Waals surface area contributed by atoms with Crippen molar-refractivity contribution >= 4 is 22.9 Å². The molecule has 0 unspecified atom stereocenters. The molecule has 4 aromatic rings. The molecule has 0 aliphatic rings. The first-order valence-corrected chi connectivity index (χ1v) is 9.20. The lowest BCUT2D eigenvalue weighted by Gasteiger charge is -2.09. The molecule has 0 spiro atoms. The summed E-state index contributed by atoms with van der Waals surface area (Å²) in [6, 6.07) is 15.0. The molecule has 0 atom stereocenters. The number of amides is 2. The second-order valence-electron chi connectivity index (χ2n) is 6.36. The monoisotopic (exact) mass is 388 g/mol. The Morgan fingerprint density at radius 2 is 1.93 bits per heavy atom. The van der Waals surface area contributed by atoms with E-state index in [-0.39, 0.29) is 6.03 Å². The largest absolute Gasteiger partial charge is 0.375 e. The number of rotatable bonds is 7. The number of hydrogen-bond donors (Lipinski definition) is 3. The molecule has 0 saturated heterocycles. The van der Waals surface area contributed by atoms with Crippen LogP contribution in [0.3, 0.4) is 0 Å². The molecule has 0 aliphatic heterocycles. The maximum Gasteiger partial charge on any atom is 0.320 e. The van der Waals surface area contributed by atoms with Gasteiger partial charge in [-0.3, -0.25) is 15.4 Å². The fourth-order valence-corrected chi connectivity index (χ4v) is 2.80. The smallest absolute Gasteiger partial charge is 0.320 e. The molecule has 29 heavy (non-hydrogen) atoms. The van der Waals surface area contributed by atoms with Crippen LogP contribution in [0.1, 0.15) is 5.56 Å². The number of nitrogens with zero attached hydrogens (tertiary/aromatic N) is 3. The minimum Gasteiger partial charge on any atom is -0.375 e. The second-order valence-corrected chi connectivity index (χ2v) is 6.36. The van der Waals surface area contributed by atoms with Gasteiger partial charge in [0.05, 0.1) is 30.4 Å². The maximum absolute atomic E-state index is 12.1. The number of aromatic amines is 1. The van der Waals surface area contributed by atoms with Gasteiger partial charge in [-0.1, -0.05) is 30.3 Å². The predicted molar refractivity (Wildman–Crippen MR) is 110 cm³/mol. The second kappa shape index (κ2) is 8.94. The van der Waals surface area contributed by atoms with E-state index in [0.29, 0.717) is 31.1 Å². The SMILES string of the molecule is O=C(NCCOCc1ccccc1)Nc1ccc2ncc(-c3cn[nH]c3)cc2n1. The van der Waals surface area contributed by atoms with Crippen LogP contribution in [0.4, 0.5) is 10.6 Å². The lowest BCUT2D eigenvalue weighted by atomic mass is 10.1. The highest BCUT2D eigenvalue weighted by Gasteiger charge is 2.06. The molecule has 0 bridgehead atoms. The maximum atomic E-state index is 12.1. The fourth-order valence-electron chi connectivity index (χ4n) is 2.80. The quantitative estimate of drug-likeness (QED) is 0.421. The summed E-state index contributed by atoms with van der Waals surface area (Å²) in [6.07, 6.45) is 5.28. The van der Waals surface area contributed by atoms with Crippen LogP contribution in [-0.2, 0) is 11.3 Å². The number of fused-ring (bicyclic) bond motifs is 1. The van der Waals surface area contributed by atoms with Crippen LogP contribution in [0.2, 0.25) is 0 Å². The molecular formula is C21H20N6O2. The van der Waals surface area contributed by atoms with Gasteiger partial charge in [-0.25, -0.2) is 9.78 Å². The number of hydrogen-bond acceptors (Lipinski definition) is 5. The average Bonchev–Trinajstić information content (AvgIpc) is 3.29. The predicted octanol–water partition coefficient (Wildman–Crippen LogP) is 3.36. The standard InChI is InChI=1S/C21H20N6O2/c28-21(22-8-9-29-14-15-4-2-1-3-5-15)27-20-7-6-18-19(26-20)10-16(11-23-18)17-12-24-25-13-17/h1-7,10-13H,8-9,14H2,(H,24,25)(H2,22,26,27,28). The summed E-state index contributed by atoms with van der Waals surface area (Å²) in [5.74, 6) is 0.450. The number of urea groups is 1. The molecule has 2 amide bonds. The summed E-state index contributed by atoms with van der Waals surface area (Å²) in [5.41, 5.74) is 4.36. The van der Waals surface area contributed by atoms with Crippen LogP contribution in [0.25, 0.3) is 22.2 Å². The zero-order chi connectivity index (χ0) is 19.9. The van der Waals surface area contributed by atoms with Crippen molar-refractivity contribution < 1.29 is 9.53 Å². The van der Waals surface area contributed by atoms with Gasteiger partial charge in [0.2, 0.25) is 0 Å². The minimum atomic E-state index is -0.334. The number of aromatic nitrogens is 4. The number of benzene rings is 1. The van der Waals surface area contributed by atoms with Crippen LogP contribution in [0.5, 0.6) is 0 Å². The molecule has 1 aromatic carbocycles. The Hall–Kier alpha value is -3.78. The molecule has 8 nitrogen and oxygen atoms in total. The molecule has 0 aliphatic carbocycles. The number of pyridine rings is 2. The van der Waals surface area contributed by atoms with Gasteiger partial charge >= 0.3 is 6.03 Å². The first kappa shape index (κ1) is 18.6. The van der Waals surface area contributed by atoms with Crippen molar-refractivity contribution in [3.8, 4) is 11.1 Å². The van der Waals surface area contributed by atoms with Crippen molar-refractivity contribution in [2.24, 2.45) is 0 Å². The van der Waals surface area contributed by atoms with Crippen LogP contribution >= 0.6 is 0 Å². The van der Waals surface area contributed by atoms with Gasteiger partial charge < -0.3 is 10.1 Å². The van der Waals surface area contributed by atoms with Gasteiger partial charge in [-0.05, 0) is 23.8 Å². The number of carbonyl (C=O) groups is 1. The summed E-state index contributed by atoms with van der Waals surface area (Å²) >= 11 is 0. The third-order valence-corrected chi connectivity index (χ3v) is 4.25. The van der Waals surface area contributed by atoms with E-state index in [0.717, 1.165) is 22.2 Å². The Morgan fingerprint density at radius 1 is 1.03 bits per heavy atom. The van der Waals surface area contributed by atoms with Gasteiger partial charge in [0.1, 0.15) is 5.82 Å². The normalized spacial score (nSPS) is 10.8. The molecule has 3 heterocycles. The minimum absolute atomic E-state index is 0.334. The molecule has 0 saturated carbocycles. The highest BCUT2D eigenvalue weighted by atomic mass is 16.5. The van der Waals surface area contributed by atoms with Crippen molar-refractivity contribution in [2.75, 3.05) is 18.5 Å². The van der Waals surface area contributed by atoms with Crippen molar-refractivity contribution in [3.05, 3.63) is 72.7 Å². The first-order valence-electron chi connectivity index (χ1n) is 9.20. The average molecular weight is 388 g/mol. The van der Waals surface area contributed by atoms with Gasteiger partial charge in [-0.2, -0.15) is 5.10 Å². The fraction of sp³-hybridized carbons (Fsp3) is 0.143. The van der Waals surface area contributed by atoms with Crippen LogP contribution in [0, 0.1) is 0 Å². The Balaban J connectivity index is 1.29. The van der Waals surface area contributed by atoms with E-state index in [4.69, 9.17) is 4.74 Å². The summed E-state index contributed by atoms with van der Waals surface area (Å²) < 4.78 is 5.55. The Morgan fingerprint density at radius 3 is 2.76 bits per heavy atom.